The number of aryl methyl sites for hydroxylation is 4. The fourth-order valence-corrected chi connectivity index (χ4v) is 5.81. The van der Waals surface area contributed by atoms with Gasteiger partial charge in [-0.2, -0.15) is 0 Å². The Morgan fingerprint density at radius 2 is 0.788 bits per heavy atom. The molecule has 0 aromatic heterocycles. The van der Waals surface area contributed by atoms with Crippen LogP contribution in [0.5, 0.6) is 17.2 Å². The number of epoxide rings is 3. The van der Waals surface area contributed by atoms with E-state index in [1.54, 1.807) is 0 Å². The van der Waals surface area contributed by atoms with Gasteiger partial charge in [0.2, 0.25) is 0 Å². The molecule has 3 aliphatic heterocycles. The summed E-state index contributed by atoms with van der Waals surface area (Å²) in [6.45, 7) is 35.5. The van der Waals surface area contributed by atoms with Crippen LogP contribution >= 0.6 is 0 Å². The van der Waals surface area contributed by atoms with Crippen LogP contribution in [0.15, 0.2) is 48.5 Å². The Hall–Kier alpha value is -3.06. The Morgan fingerprint density at radius 3 is 1.10 bits per heavy atom. The Labute approximate surface area is 318 Å². The normalized spacial score (nSPS) is 18.2. The van der Waals surface area contributed by atoms with Gasteiger partial charge in [-0.15, -0.1) is 0 Å². The van der Waals surface area contributed by atoms with Gasteiger partial charge >= 0.3 is 0 Å². The van der Waals surface area contributed by atoms with E-state index in [0.29, 0.717) is 38.1 Å². The van der Waals surface area contributed by atoms with Crippen LogP contribution in [0.3, 0.4) is 0 Å². The highest BCUT2D eigenvalue weighted by Gasteiger charge is 2.34. The predicted molar refractivity (Wildman–Crippen MR) is 220 cm³/mol. The lowest BCUT2D eigenvalue weighted by atomic mass is 9.70. The van der Waals surface area contributed by atoms with E-state index >= 15 is 0 Å². The van der Waals surface area contributed by atoms with Crippen molar-refractivity contribution in [2.24, 2.45) is 0 Å². The molecule has 3 fully saturated rings. The lowest BCUT2D eigenvalue weighted by Gasteiger charge is -2.34. The third-order valence-corrected chi connectivity index (χ3v) is 8.83. The van der Waals surface area contributed by atoms with Crippen LogP contribution in [-0.4, -0.2) is 58.0 Å². The SMILES string of the molecule is CC.CC.CC.CC.CC.Cc1cc(C(C)(c2ccc(OCCC3CO3)c(C)c2)c2cc(C)c(OCCC3CO3)c(C)c2)ccc1OCCC1CO1. The fraction of sp³-hybridized carbons (Fsp3) is 0.609. The third-order valence-electron chi connectivity index (χ3n) is 8.83. The second-order valence-electron chi connectivity index (χ2n) is 12.3. The van der Waals surface area contributed by atoms with Gasteiger partial charge in [-0.3, -0.25) is 0 Å². The molecule has 3 aromatic carbocycles. The minimum absolute atomic E-state index is 0.364. The van der Waals surface area contributed by atoms with E-state index < -0.39 is 5.41 Å². The van der Waals surface area contributed by atoms with Crippen LogP contribution in [-0.2, 0) is 19.6 Å². The minimum atomic E-state index is -0.411. The van der Waals surface area contributed by atoms with Gasteiger partial charge in [-0.1, -0.05) is 106 Å². The van der Waals surface area contributed by atoms with Crippen molar-refractivity contribution < 1.29 is 28.4 Å². The van der Waals surface area contributed by atoms with Crippen molar-refractivity contribution in [3.63, 3.8) is 0 Å². The first-order chi connectivity index (χ1) is 25.3. The fourth-order valence-electron chi connectivity index (χ4n) is 5.81. The molecular formula is C46H74O6. The topological polar surface area (TPSA) is 65.3 Å². The molecule has 0 aliphatic carbocycles. The monoisotopic (exact) mass is 723 g/mol. The van der Waals surface area contributed by atoms with Gasteiger partial charge in [0.15, 0.2) is 0 Å². The van der Waals surface area contributed by atoms with Crippen LogP contribution in [0.1, 0.15) is 134 Å². The molecular weight excluding hydrogens is 649 g/mol. The Kier molecular flexibility index (Phi) is 22.6. The van der Waals surface area contributed by atoms with Crippen LogP contribution in [0.25, 0.3) is 0 Å². The van der Waals surface area contributed by atoms with Crippen molar-refractivity contribution >= 4 is 0 Å². The maximum Gasteiger partial charge on any atom is 0.125 e. The quantitative estimate of drug-likeness (QED) is 0.115. The van der Waals surface area contributed by atoms with Crippen molar-refractivity contribution in [3.8, 4) is 17.2 Å². The van der Waals surface area contributed by atoms with E-state index in [2.05, 4.69) is 83.1 Å². The van der Waals surface area contributed by atoms with Crippen molar-refractivity contribution in [1.29, 1.82) is 0 Å². The molecule has 3 heterocycles. The maximum atomic E-state index is 6.25. The first-order valence-electron chi connectivity index (χ1n) is 20.4. The molecule has 3 saturated heterocycles. The average Bonchev–Trinajstić information content (AvgIpc) is 4.03. The molecule has 0 bridgehead atoms. The number of hydrogen-bond acceptors (Lipinski definition) is 6. The van der Waals surface area contributed by atoms with E-state index in [0.717, 1.165) is 78.6 Å². The van der Waals surface area contributed by atoms with E-state index in [1.807, 2.05) is 69.2 Å². The largest absolute Gasteiger partial charge is 0.493 e. The summed E-state index contributed by atoms with van der Waals surface area (Å²) in [4.78, 5) is 0. The minimum Gasteiger partial charge on any atom is -0.493 e. The molecule has 0 saturated carbocycles. The molecule has 6 rings (SSSR count). The van der Waals surface area contributed by atoms with Gasteiger partial charge in [0.1, 0.15) is 17.2 Å². The summed E-state index contributed by atoms with van der Waals surface area (Å²) >= 11 is 0. The van der Waals surface area contributed by atoms with Gasteiger partial charge in [0.05, 0.1) is 58.0 Å². The van der Waals surface area contributed by atoms with E-state index in [-0.39, 0.29) is 0 Å². The van der Waals surface area contributed by atoms with Crippen LogP contribution in [0, 0.1) is 27.7 Å². The van der Waals surface area contributed by atoms with Crippen molar-refractivity contribution in [2.75, 3.05) is 39.6 Å². The van der Waals surface area contributed by atoms with Gasteiger partial charge in [-0.05, 0) is 85.7 Å². The molecule has 3 atom stereocenters. The van der Waals surface area contributed by atoms with Gasteiger partial charge in [0, 0.05) is 24.7 Å². The zero-order valence-electron chi connectivity index (χ0n) is 35.7. The molecule has 0 radical (unpaired) electrons. The van der Waals surface area contributed by atoms with Gasteiger partial charge in [0.25, 0.3) is 0 Å². The molecule has 3 aromatic rings. The van der Waals surface area contributed by atoms with Crippen molar-refractivity contribution in [3.05, 3.63) is 87.5 Å². The molecule has 6 heteroatoms. The standard InChI is InChI=1S/C36H44O6.5C2H6/c1-23-16-27(6-8-33(23)37-13-10-30-20-40-30)36(5,28-7-9-34(24(2)17-28)38-14-11-31-21-41-31)29-18-25(3)35(26(4)19-29)39-15-12-32-22-42-32;5*1-2/h6-9,16-19,30-32H,10-15,20-22H2,1-5H3;5*1-2H3. The van der Waals surface area contributed by atoms with E-state index in [9.17, 15) is 0 Å². The number of hydrogen-bond donors (Lipinski definition) is 0. The zero-order valence-corrected chi connectivity index (χ0v) is 35.7. The van der Waals surface area contributed by atoms with Crippen molar-refractivity contribution in [2.45, 2.75) is 147 Å². The number of ether oxygens (including phenoxy) is 6. The summed E-state index contributed by atoms with van der Waals surface area (Å²) < 4.78 is 34.6. The molecule has 0 amide bonds. The molecule has 0 spiro atoms. The average molecular weight is 723 g/mol. The van der Waals surface area contributed by atoms with Crippen molar-refractivity contribution in [1.82, 2.24) is 0 Å². The molecule has 52 heavy (non-hydrogen) atoms. The Morgan fingerprint density at radius 1 is 0.481 bits per heavy atom. The summed E-state index contributed by atoms with van der Waals surface area (Å²) in [5.41, 5.74) is 7.80. The lowest BCUT2D eigenvalue weighted by Crippen LogP contribution is -2.26. The summed E-state index contributed by atoms with van der Waals surface area (Å²) in [5, 5.41) is 0. The highest BCUT2D eigenvalue weighted by atomic mass is 16.6. The number of rotatable bonds is 15. The molecule has 6 nitrogen and oxygen atoms in total. The maximum absolute atomic E-state index is 6.25. The Balaban J connectivity index is 0.00000125. The summed E-state index contributed by atoms with van der Waals surface area (Å²) in [6.07, 6.45) is 3.89. The summed E-state index contributed by atoms with van der Waals surface area (Å²) in [5.74, 6) is 2.83. The first kappa shape index (κ1) is 47.0. The molecule has 3 aliphatic rings. The second-order valence-corrected chi connectivity index (χ2v) is 12.3. The van der Waals surface area contributed by atoms with Crippen LogP contribution < -0.4 is 14.2 Å². The highest BCUT2D eigenvalue weighted by molar-refractivity contribution is 5.57. The van der Waals surface area contributed by atoms with E-state index in [1.165, 1.54) is 16.7 Å². The van der Waals surface area contributed by atoms with E-state index in [4.69, 9.17) is 28.4 Å². The van der Waals surface area contributed by atoms with Gasteiger partial charge < -0.3 is 28.4 Å². The highest BCUT2D eigenvalue weighted by Crippen LogP contribution is 2.43. The zero-order chi connectivity index (χ0) is 39.3. The number of benzene rings is 3. The molecule has 3 unspecified atom stereocenters. The summed E-state index contributed by atoms with van der Waals surface area (Å²) in [7, 11) is 0. The lowest BCUT2D eigenvalue weighted by molar-refractivity contribution is 0.280. The first-order valence-corrected chi connectivity index (χ1v) is 20.4. The molecule has 294 valence electrons. The van der Waals surface area contributed by atoms with Crippen LogP contribution in [0.4, 0.5) is 0 Å². The van der Waals surface area contributed by atoms with Gasteiger partial charge in [-0.25, -0.2) is 0 Å². The summed E-state index contributed by atoms with van der Waals surface area (Å²) in [6, 6.07) is 17.8. The van der Waals surface area contributed by atoms with Crippen LogP contribution in [0.2, 0.25) is 0 Å². The second kappa shape index (κ2) is 25.0. The third kappa shape index (κ3) is 14.1. The smallest absolute Gasteiger partial charge is 0.125 e. The molecule has 0 N–H and O–H groups in total. The predicted octanol–water partition coefficient (Wildman–Crippen LogP) is 11.9. The Bertz CT molecular complexity index is 1310.